The zero-order chi connectivity index (χ0) is 6.27. The lowest BCUT2D eigenvalue weighted by atomic mass is 9.99. The quantitative estimate of drug-likeness (QED) is 0.381. The molecule has 50 valence electrons. The fourth-order valence-electron chi connectivity index (χ4n) is 2.18. The summed E-state index contributed by atoms with van der Waals surface area (Å²) in [7, 11) is 0. The van der Waals surface area contributed by atoms with E-state index >= 15 is 0 Å². The zero-order valence-electron chi connectivity index (χ0n) is 5.51. The summed E-state index contributed by atoms with van der Waals surface area (Å²) < 4.78 is 0. The molecular formula is C7H12N2. The molecule has 2 fully saturated rings. The van der Waals surface area contributed by atoms with Crippen LogP contribution in [0, 0.1) is 11.8 Å². The maximum absolute atomic E-state index is 5.21. The molecule has 0 aromatic heterocycles. The average molecular weight is 124 g/mol. The monoisotopic (exact) mass is 124 g/mol. The van der Waals surface area contributed by atoms with Gasteiger partial charge in [-0.1, -0.05) is 0 Å². The lowest BCUT2D eigenvalue weighted by Crippen LogP contribution is -2.10. The first-order valence-electron chi connectivity index (χ1n) is 3.67. The molecule has 2 N–H and O–H groups in total. The Kier molecular flexibility index (Phi) is 1.01. The highest BCUT2D eigenvalue weighted by atomic mass is 15.1. The van der Waals surface area contributed by atoms with Gasteiger partial charge in [-0.15, -0.1) is 0 Å². The second kappa shape index (κ2) is 1.72. The number of nitrogens with two attached hydrogens (primary N) is 1. The van der Waals surface area contributed by atoms with Crippen LogP contribution in [0.1, 0.15) is 25.7 Å². The molecule has 2 heteroatoms. The van der Waals surface area contributed by atoms with Gasteiger partial charge in [0, 0.05) is 5.71 Å². The van der Waals surface area contributed by atoms with Crippen molar-refractivity contribution in [1.29, 1.82) is 0 Å². The third-order valence-corrected chi connectivity index (χ3v) is 2.68. The van der Waals surface area contributed by atoms with Crippen LogP contribution in [-0.2, 0) is 0 Å². The van der Waals surface area contributed by atoms with Gasteiger partial charge in [-0.25, -0.2) is 0 Å². The maximum Gasteiger partial charge on any atom is 0.0409 e. The minimum atomic E-state index is 0.778. The number of fused-ring (bicyclic) bond motifs is 2. The van der Waals surface area contributed by atoms with Crippen LogP contribution in [0.2, 0.25) is 0 Å². The highest BCUT2D eigenvalue weighted by Gasteiger charge is 2.36. The van der Waals surface area contributed by atoms with E-state index < -0.39 is 0 Å². The molecule has 0 saturated heterocycles. The van der Waals surface area contributed by atoms with E-state index in [1.54, 1.807) is 0 Å². The van der Waals surface area contributed by atoms with Crippen LogP contribution in [0.5, 0.6) is 0 Å². The molecule has 9 heavy (non-hydrogen) atoms. The topological polar surface area (TPSA) is 38.4 Å². The minimum Gasteiger partial charge on any atom is -0.323 e. The zero-order valence-corrected chi connectivity index (χ0v) is 5.51. The lowest BCUT2D eigenvalue weighted by molar-refractivity contribution is 0.591. The van der Waals surface area contributed by atoms with Crippen molar-refractivity contribution in [1.82, 2.24) is 0 Å². The molecule has 2 bridgehead atoms. The number of nitrogens with zero attached hydrogens (tertiary/aromatic N) is 1. The van der Waals surface area contributed by atoms with Crippen molar-refractivity contribution < 1.29 is 0 Å². The van der Waals surface area contributed by atoms with E-state index in [1.807, 2.05) is 0 Å². The largest absolute Gasteiger partial charge is 0.323 e. The van der Waals surface area contributed by atoms with Crippen LogP contribution in [0.3, 0.4) is 0 Å². The molecule has 0 aromatic rings. The average Bonchev–Trinajstić information content (AvgIpc) is 2.45. The predicted octanol–water partition coefficient (Wildman–Crippen LogP) is 1.12. The Morgan fingerprint density at radius 3 is 2.67 bits per heavy atom. The molecule has 0 aromatic carbocycles. The molecule has 0 unspecified atom stereocenters. The molecule has 0 spiro atoms. The Hall–Kier alpha value is -0.530. The summed E-state index contributed by atoms with van der Waals surface area (Å²) in [6.07, 6.45) is 5.33. The van der Waals surface area contributed by atoms with E-state index in [0.717, 1.165) is 11.8 Å². The molecule has 0 aliphatic heterocycles. The summed E-state index contributed by atoms with van der Waals surface area (Å²) in [6.45, 7) is 0. The molecule has 2 aliphatic carbocycles. The molecule has 0 heterocycles. The Bertz CT molecular complexity index is 151. The molecule has 2 aliphatic rings. The first-order valence-corrected chi connectivity index (χ1v) is 3.67. The van der Waals surface area contributed by atoms with Crippen LogP contribution in [0.15, 0.2) is 5.10 Å². The fourth-order valence-corrected chi connectivity index (χ4v) is 2.18. The molecule has 2 nitrogen and oxygen atoms in total. The van der Waals surface area contributed by atoms with E-state index in [9.17, 15) is 0 Å². The van der Waals surface area contributed by atoms with Gasteiger partial charge in [0.2, 0.25) is 0 Å². The second-order valence-electron chi connectivity index (χ2n) is 3.20. The molecular weight excluding hydrogens is 112 g/mol. The fraction of sp³-hybridized carbons (Fsp3) is 0.857. The van der Waals surface area contributed by atoms with Gasteiger partial charge in [0.05, 0.1) is 0 Å². The van der Waals surface area contributed by atoms with Crippen molar-refractivity contribution in [2.24, 2.45) is 22.8 Å². The maximum atomic E-state index is 5.21. The van der Waals surface area contributed by atoms with Gasteiger partial charge in [0.1, 0.15) is 0 Å². The van der Waals surface area contributed by atoms with Crippen molar-refractivity contribution in [3.63, 3.8) is 0 Å². The summed E-state index contributed by atoms with van der Waals surface area (Å²) in [4.78, 5) is 0. The van der Waals surface area contributed by atoms with Gasteiger partial charge in [-0.2, -0.15) is 5.10 Å². The summed E-state index contributed by atoms with van der Waals surface area (Å²) in [5.74, 6) is 6.93. The number of hydrogen-bond acceptors (Lipinski definition) is 2. The molecule has 0 radical (unpaired) electrons. The van der Waals surface area contributed by atoms with Crippen molar-refractivity contribution in [3.05, 3.63) is 0 Å². The Morgan fingerprint density at radius 1 is 1.44 bits per heavy atom. The smallest absolute Gasteiger partial charge is 0.0409 e. The molecule has 2 atom stereocenters. The van der Waals surface area contributed by atoms with Crippen molar-refractivity contribution >= 4 is 5.71 Å². The standard InChI is InChI=1S/C7H12N2/c8-9-7-4-5-1-2-6(7)3-5/h5-6H,1-4,8H2/b9-7+/t5-,6+/m1/s1. The third-order valence-electron chi connectivity index (χ3n) is 2.68. The number of hydrogen-bond donors (Lipinski definition) is 1. The summed E-state index contributed by atoms with van der Waals surface area (Å²) in [5.41, 5.74) is 1.28. The third kappa shape index (κ3) is 0.655. The number of rotatable bonds is 0. The van der Waals surface area contributed by atoms with Crippen LogP contribution >= 0.6 is 0 Å². The molecule has 2 rings (SSSR count). The van der Waals surface area contributed by atoms with Gasteiger partial charge in [-0.3, -0.25) is 0 Å². The van der Waals surface area contributed by atoms with E-state index in [0.29, 0.717) is 0 Å². The first kappa shape index (κ1) is 5.27. The Labute approximate surface area is 55.1 Å². The highest BCUT2D eigenvalue weighted by molar-refractivity contribution is 5.89. The van der Waals surface area contributed by atoms with E-state index in [1.165, 1.54) is 31.4 Å². The summed E-state index contributed by atoms with van der Waals surface area (Å²) >= 11 is 0. The van der Waals surface area contributed by atoms with Gasteiger partial charge < -0.3 is 5.84 Å². The second-order valence-corrected chi connectivity index (χ2v) is 3.20. The Balaban J connectivity index is 2.18. The first-order chi connectivity index (χ1) is 4.40. The van der Waals surface area contributed by atoms with Crippen molar-refractivity contribution in [2.75, 3.05) is 0 Å². The highest BCUT2D eigenvalue weighted by Crippen LogP contribution is 2.42. The summed E-state index contributed by atoms with van der Waals surface area (Å²) in [6, 6.07) is 0. The van der Waals surface area contributed by atoms with Crippen LogP contribution in [-0.4, -0.2) is 5.71 Å². The Morgan fingerprint density at radius 2 is 2.33 bits per heavy atom. The van der Waals surface area contributed by atoms with Gasteiger partial charge in [0.15, 0.2) is 0 Å². The predicted molar refractivity (Wildman–Crippen MR) is 37.1 cm³/mol. The van der Waals surface area contributed by atoms with Crippen molar-refractivity contribution in [3.8, 4) is 0 Å². The van der Waals surface area contributed by atoms with Gasteiger partial charge in [-0.05, 0) is 37.5 Å². The van der Waals surface area contributed by atoms with Crippen LogP contribution < -0.4 is 5.84 Å². The summed E-state index contributed by atoms with van der Waals surface area (Å²) in [5, 5.41) is 3.79. The van der Waals surface area contributed by atoms with Crippen molar-refractivity contribution in [2.45, 2.75) is 25.7 Å². The van der Waals surface area contributed by atoms with E-state index in [-0.39, 0.29) is 0 Å². The van der Waals surface area contributed by atoms with E-state index in [4.69, 9.17) is 5.84 Å². The molecule has 0 amide bonds. The SMILES string of the molecule is N/N=C1\C[C@@H]2CC[C@H]1C2. The van der Waals surface area contributed by atoms with Gasteiger partial charge >= 0.3 is 0 Å². The normalized spacial score (nSPS) is 44.7. The number of hydrazone groups is 1. The minimum absolute atomic E-state index is 0.778. The lowest BCUT2D eigenvalue weighted by Gasteiger charge is -2.09. The van der Waals surface area contributed by atoms with Crippen LogP contribution in [0.25, 0.3) is 0 Å². The molecule has 2 saturated carbocycles. The van der Waals surface area contributed by atoms with Gasteiger partial charge in [0.25, 0.3) is 0 Å². The van der Waals surface area contributed by atoms with Crippen LogP contribution in [0.4, 0.5) is 0 Å². The van der Waals surface area contributed by atoms with E-state index in [2.05, 4.69) is 5.10 Å².